The van der Waals surface area contributed by atoms with E-state index in [4.69, 9.17) is 22.4 Å². The maximum Gasteiger partial charge on any atom is 0.321 e. The Balaban J connectivity index is 1.53. The van der Waals surface area contributed by atoms with Crippen LogP contribution in [0.3, 0.4) is 0 Å². The zero-order chi connectivity index (χ0) is 16.7. The SMILES string of the molecule is C#CC1CN(c2nc3nc(Cl)ccc3o2)CCN1C(=O)N1CCC1. The lowest BCUT2D eigenvalue weighted by atomic mass is 10.1. The maximum atomic E-state index is 12.4. The van der Waals surface area contributed by atoms with Crippen LogP contribution in [0.1, 0.15) is 6.42 Å². The van der Waals surface area contributed by atoms with Gasteiger partial charge in [0.2, 0.25) is 5.65 Å². The molecule has 2 aliphatic rings. The zero-order valence-corrected chi connectivity index (χ0v) is 13.7. The molecule has 2 aliphatic heterocycles. The van der Waals surface area contributed by atoms with Crippen LogP contribution < -0.4 is 4.90 Å². The Morgan fingerprint density at radius 3 is 2.83 bits per heavy atom. The number of terminal acetylenes is 1. The molecule has 1 atom stereocenters. The highest BCUT2D eigenvalue weighted by Gasteiger charge is 2.35. The third-order valence-electron chi connectivity index (χ3n) is 4.42. The van der Waals surface area contributed by atoms with E-state index in [1.165, 1.54) is 0 Å². The number of piperazine rings is 1. The Bertz CT molecular complexity index is 825. The van der Waals surface area contributed by atoms with Gasteiger partial charge in [0, 0.05) is 26.2 Å². The summed E-state index contributed by atoms with van der Waals surface area (Å²) in [5.41, 5.74) is 1.04. The molecule has 2 aromatic heterocycles. The van der Waals surface area contributed by atoms with Gasteiger partial charge in [-0.3, -0.25) is 0 Å². The summed E-state index contributed by atoms with van der Waals surface area (Å²) >= 11 is 5.88. The number of likely N-dealkylation sites (tertiary alicyclic amines) is 1. The number of oxazole rings is 1. The number of fused-ring (bicyclic) bond motifs is 1. The molecule has 124 valence electrons. The van der Waals surface area contributed by atoms with E-state index in [0.29, 0.717) is 42.0 Å². The highest BCUT2D eigenvalue weighted by molar-refractivity contribution is 6.29. The molecule has 2 fully saturated rings. The first-order chi connectivity index (χ1) is 11.7. The average Bonchev–Trinajstić information content (AvgIpc) is 2.95. The smallest absolute Gasteiger partial charge is 0.321 e. The fourth-order valence-electron chi connectivity index (χ4n) is 2.94. The number of carbonyl (C=O) groups is 1. The number of urea groups is 1. The maximum absolute atomic E-state index is 12.4. The van der Waals surface area contributed by atoms with Crippen molar-refractivity contribution in [1.82, 2.24) is 19.8 Å². The van der Waals surface area contributed by atoms with Gasteiger partial charge in [0.15, 0.2) is 5.58 Å². The van der Waals surface area contributed by atoms with E-state index in [-0.39, 0.29) is 12.1 Å². The lowest BCUT2D eigenvalue weighted by Gasteiger charge is -2.42. The van der Waals surface area contributed by atoms with Crippen molar-refractivity contribution in [3.63, 3.8) is 0 Å². The van der Waals surface area contributed by atoms with Gasteiger partial charge in [0.25, 0.3) is 6.01 Å². The zero-order valence-electron chi connectivity index (χ0n) is 13.0. The van der Waals surface area contributed by atoms with Gasteiger partial charge in [0.1, 0.15) is 11.2 Å². The van der Waals surface area contributed by atoms with Gasteiger partial charge >= 0.3 is 6.03 Å². The van der Waals surface area contributed by atoms with E-state index < -0.39 is 0 Å². The summed E-state index contributed by atoms with van der Waals surface area (Å²) in [6.07, 6.45) is 6.72. The molecule has 0 N–H and O–H groups in total. The molecule has 0 spiro atoms. The summed E-state index contributed by atoms with van der Waals surface area (Å²) in [4.78, 5) is 26.5. The minimum Gasteiger partial charge on any atom is -0.422 e. The van der Waals surface area contributed by atoms with Crippen molar-refractivity contribution in [3.8, 4) is 12.3 Å². The quantitative estimate of drug-likeness (QED) is 0.582. The third-order valence-corrected chi connectivity index (χ3v) is 4.63. The second-order valence-electron chi connectivity index (χ2n) is 5.90. The standard InChI is InChI=1S/C16H16ClN5O2/c1-2-11-10-21(8-9-22(11)16(23)20-6-3-7-20)15-19-14-12(24-15)4-5-13(17)18-14/h1,4-5,11H,3,6-10H2. The van der Waals surface area contributed by atoms with Gasteiger partial charge in [-0.15, -0.1) is 6.42 Å². The van der Waals surface area contributed by atoms with Crippen LogP contribution in [0.4, 0.5) is 10.8 Å². The molecule has 0 bridgehead atoms. The number of hydrogen-bond acceptors (Lipinski definition) is 5. The Kier molecular flexibility index (Phi) is 3.69. The van der Waals surface area contributed by atoms with Crippen LogP contribution in [-0.2, 0) is 0 Å². The van der Waals surface area contributed by atoms with Gasteiger partial charge in [-0.25, -0.2) is 9.78 Å². The first kappa shape index (κ1) is 15.1. The molecule has 0 aliphatic carbocycles. The van der Waals surface area contributed by atoms with Gasteiger partial charge in [-0.2, -0.15) is 4.98 Å². The molecule has 7 nitrogen and oxygen atoms in total. The van der Waals surface area contributed by atoms with Crippen LogP contribution in [0.15, 0.2) is 16.5 Å². The van der Waals surface area contributed by atoms with Crippen molar-refractivity contribution in [1.29, 1.82) is 0 Å². The minimum atomic E-state index is -0.307. The summed E-state index contributed by atoms with van der Waals surface area (Å²) in [7, 11) is 0. The van der Waals surface area contributed by atoms with E-state index in [1.807, 2.05) is 9.80 Å². The van der Waals surface area contributed by atoms with Crippen LogP contribution in [-0.4, -0.2) is 64.6 Å². The third kappa shape index (κ3) is 2.53. The predicted molar refractivity (Wildman–Crippen MR) is 89.9 cm³/mol. The van der Waals surface area contributed by atoms with E-state index >= 15 is 0 Å². The predicted octanol–water partition coefficient (Wildman–Crippen LogP) is 1.83. The van der Waals surface area contributed by atoms with Gasteiger partial charge in [-0.1, -0.05) is 17.5 Å². The summed E-state index contributed by atoms with van der Waals surface area (Å²) in [6, 6.07) is 3.57. The first-order valence-corrected chi connectivity index (χ1v) is 8.23. The van der Waals surface area contributed by atoms with Crippen LogP contribution in [0.2, 0.25) is 5.15 Å². The minimum absolute atomic E-state index is 0.0230. The van der Waals surface area contributed by atoms with Gasteiger partial charge in [0.05, 0.1) is 6.54 Å². The topological polar surface area (TPSA) is 65.7 Å². The molecule has 0 radical (unpaired) electrons. The molecule has 4 heterocycles. The molecule has 2 saturated heterocycles. The fraction of sp³-hybridized carbons (Fsp3) is 0.438. The second kappa shape index (κ2) is 5.87. The molecule has 4 rings (SSSR count). The highest BCUT2D eigenvalue weighted by atomic mass is 35.5. The molecule has 8 heteroatoms. The molecular formula is C16H16ClN5O2. The van der Waals surface area contributed by atoms with Crippen molar-refractivity contribution in [3.05, 3.63) is 17.3 Å². The van der Waals surface area contributed by atoms with Crippen molar-refractivity contribution in [2.75, 3.05) is 37.6 Å². The van der Waals surface area contributed by atoms with Crippen LogP contribution in [0, 0.1) is 12.3 Å². The molecule has 1 unspecified atom stereocenters. The van der Waals surface area contributed by atoms with E-state index in [9.17, 15) is 4.79 Å². The lowest BCUT2D eigenvalue weighted by molar-refractivity contribution is 0.114. The lowest BCUT2D eigenvalue weighted by Crippen LogP contribution is -2.60. The number of rotatable bonds is 1. The Morgan fingerprint density at radius 2 is 2.12 bits per heavy atom. The molecule has 2 amide bonds. The summed E-state index contributed by atoms with van der Waals surface area (Å²) < 4.78 is 5.74. The molecule has 2 aromatic rings. The number of nitrogens with zero attached hydrogens (tertiary/aromatic N) is 5. The Morgan fingerprint density at radius 1 is 1.29 bits per heavy atom. The average molecular weight is 346 g/mol. The van der Waals surface area contributed by atoms with Gasteiger partial charge in [-0.05, 0) is 18.6 Å². The van der Waals surface area contributed by atoms with Crippen molar-refractivity contribution in [2.24, 2.45) is 0 Å². The van der Waals surface area contributed by atoms with E-state index in [2.05, 4.69) is 15.9 Å². The number of anilines is 1. The monoisotopic (exact) mass is 345 g/mol. The van der Waals surface area contributed by atoms with E-state index in [0.717, 1.165) is 19.5 Å². The van der Waals surface area contributed by atoms with Crippen LogP contribution in [0.25, 0.3) is 11.2 Å². The Labute approximate surface area is 144 Å². The summed E-state index contributed by atoms with van der Waals surface area (Å²) in [6.45, 7) is 3.26. The number of amides is 2. The van der Waals surface area contributed by atoms with Crippen molar-refractivity contribution >= 4 is 34.9 Å². The largest absolute Gasteiger partial charge is 0.422 e. The Hall–Kier alpha value is -2.46. The summed E-state index contributed by atoms with van der Waals surface area (Å²) in [5, 5.41) is 0.369. The number of carbonyl (C=O) groups excluding carboxylic acids is 1. The fourth-order valence-corrected chi connectivity index (χ4v) is 3.08. The first-order valence-electron chi connectivity index (χ1n) is 7.85. The molecular weight excluding hydrogens is 330 g/mol. The number of halogens is 1. The molecule has 24 heavy (non-hydrogen) atoms. The van der Waals surface area contributed by atoms with Gasteiger partial charge < -0.3 is 19.1 Å². The number of hydrogen-bond donors (Lipinski definition) is 0. The second-order valence-corrected chi connectivity index (χ2v) is 6.28. The molecule has 0 aromatic carbocycles. The highest BCUT2D eigenvalue weighted by Crippen LogP contribution is 2.25. The van der Waals surface area contributed by atoms with Crippen LogP contribution >= 0.6 is 11.6 Å². The van der Waals surface area contributed by atoms with Crippen molar-refractivity contribution in [2.45, 2.75) is 12.5 Å². The normalized spacial score (nSPS) is 20.8. The van der Waals surface area contributed by atoms with Crippen molar-refractivity contribution < 1.29 is 9.21 Å². The molecule has 0 saturated carbocycles. The van der Waals surface area contributed by atoms with Crippen LogP contribution in [0.5, 0.6) is 0 Å². The number of pyridine rings is 1. The van der Waals surface area contributed by atoms with E-state index in [1.54, 1.807) is 17.0 Å². The number of aromatic nitrogens is 2. The summed E-state index contributed by atoms with van der Waals surface area (Å²) in [5.74, 6) is 2.71.